The zero-order valence-electron chi connectivity index (χ0n) is 10.6. The highest BCUT2D eigenvalue weighted by atomic mass is 32.2. The van der Waals surface area contributed by atoms with Crippen molar-refractivity contribution < 1.29 is 21.6 Å². The number of nitrogens with two attached hydrogens (primary N) is 1. The third kappa shape index (κ3) is 4.69. The van der Waals surface area contributed by atoms with E-state index in [1.807, 2.05) is 0 Å². The molecule has 0 aliphatic carbocycles. The van der Waals surface area contributed by atoms with Gasteiger partial charge in [-0.1, -0.05) is 0 Å². The minimum atomic E-state index is -3.83. The molecule has 1 rings (SSSR count). The second-order valence-corrected chi connectivity index (χ2v) is 7.93. The van der Waals surface area contributed by atoms with Crippen LogP contribution in [0.2, 0.25) is 0 Å². The molecule has 0 aliphatic rings. The molecule has 0 fully saturated rings. The van der Waals surface area contributed by atoms with Gasteiger partial charge in [0.2, 0.25) is 10.0 Å². The Kier molecular flexibility index (Phi) is 4.77. The van der Waals surface area contributed by atoms with E-state index < -0.39 is 19.9 Å². The molecule has 7 nitrogen and oxygen atoms in total. The van der Waals surface area contributed by atoms with Crippen LogP contribution in [0.15, 0.2) is 23.1 Å². The molecule has 0 saturated heterocycles. The molecule has 0 saturated carbocycles. The predicted molar refractivity (Wildman–Crippen MR) is 72.3 cm³/mol. The monoisotopic (exact) mass is 308 g/mol. The number of nitrogens with one attached hydrogen (secondary N) is 1. The lowest BCUT2D eigenvalue weighted by molar-refractivity contribution is 0.414. The van der Waals surface area contributed by atoms with Gasteiger partial charge in [-0.2, -0.15) is 0 Å². The van der Waals surface area contributed by atoms with Gasteiger partial charge in [0.05, 0.1) is 18.6 Å². The van der Waals surface area contributed by atoms with E-state index in [4.69, 9.17) is 10.5 Å². The van der Waals surface area contributed by atoms with Crippen LogP contribution in [0.1, 0.15) is 0 Å². The number of nitrogen functional groups attached to an aromatic ring is 1. The Morgan fingerprint density at radius 3 is 2.37 bits per heavy atom. The molecule has 0 aromatic heterocycles. The fraction of sp³-hybridized carbons (Fsp3) is 0.400. The molecule has 1 aromatic carbocycles. The summed E-state index contributed by atoms with van der Waals surface area (Å²) in [6.45, 7) is -0.202. The van der Waals surface area contributed by atoms with Crippen molar-refractivity contribution in [2.45, 2.75) is 4.90 Å². The zero-order valence-corrected chi connectivity index (χ0v) is 12.2. The third-order valence-corrected chi connectivity index (χ3v) is 4.75. The van der Waals surface area contributed by atoms with E-state index >= 15 is 0 Å². The Hall–Kier alpha value is -1.32. The first-order chi connectivity index (χ1) is 8.65. The molecule has 1 aromatic rings. The molecule has 0 spiro atoms. The summed E-state index contributed by atoms with van der Waals surface area (Å²) >= 11 is 0. The van der Waals surface area contributed by atoms with Crippen LogP contribution in [0.3, 0.4) is 0 Å². The van der Waals surface area contributed by atoms with E-state index in [1.54, 1.807) is 0 Å². The van der Waals surface area contributed by atoms with E-state index in [0.717, 1.165) is 6.26 Å². The Morgan fingerprint density at radius 2 is 1.89 bits per heavy atom. The van der Waals surface area contributed by atoms with Crippen LogP contribution in [-0.2, 0) is 19.9 Å². The van der Waals surface area contributed by atoms with Crippen LogP contribution in [-0.4, -0.2) is 42.5 Å². The van der Waals surface area contributed by atoms with Crippen LogP contribution in [0, 0.1) is 0 Å². The number of ether oxygens (including phenoxy) is 1. The normalized spacial score (nSPS) is 12.3. The van der Waals surface area contributed by atoms with Crippen molar-refractivity contribution in [3.05, 3.63) is 18.2 Å². The second-order valence-electron chi connectivity index (χ2n) is 3.93. The summed E-state index contributed by atoms with van der Waals surface area (Å²) < 4.78 is 52.8. The fourth-order valence-electron chi connectivity index (χ4n) is 1.34. The number of sulfone groups is 1. The van der Waals surface area contributed by atoms with Crippen LogP contribution in [0.25, 0.3) is 0 Å². The summed E-state index contributed by atoms with van der Waals surface area (Å²) in [6, 6.07) is 4.14. The van der Waals surface area contributed by atoms with Gasteiger partial charge >= 0.3 is 0 Å². The van der Waals surface area contributed by atoms with Crippen molar-refractivity contribution in [1.82, 2.24) is 4.72 Å². The van der Waals surface area contributed by atoms with Crippen molar-refractivity contribution in [2.75, 3.05) is 31.4 Å². The summed E-state index contributed by atoms with van der Waals surface area (Å²) in [6.07, 6.45) is 1.03. The first-order valence-corrected chi connectivity index (χ1v) is 8.81. The molecular formula is C10H16N2O5S2. The smallest absolute Gasteiger partial charge is 0.242 e. The molecular weight excluding hydrogens is 292 g/mol. The number of sulfonamides is 1. The number of benzene rings is 1. The lowest BCUT2D eigenvalue weighted by Crippen LogP contribution is -2.29. The summed E-state index contributed by atoms with van der Waals surface area (Å²) in [7, 11) is -5.62. The minimum absolute atomic E-state index is 0.0335. The van der Waals surface area contributed by atoms with Gasteiger partial charge < -0.3 is 10.5 Å². The molecule has 108 valence electrons. The van der Waals surface area contributed by atoms with Crippen molar-refractivity contribution >= 4 is 25.5 Å². The highest BCUT2D eigenvalue weighted by molar-refractivity contribution is 7.91. The number of methoxy groups -OCH3 is 1. The summed E-state index contributed by atoms with van der Waals surface area (Å²) in [5.74, 6) is 0.162. The second kappa shape index (κ2) is 5.76. The van der Waals surface area contributed by atoms with E-state index in [1.165, 1.54) is 25.3 Å². The molecule has 0 unspecified atom stereocenters. The molecule has 0 radical (unpaired) electrons. The number of rotatable bonds is 6. The number of hydrogen-bond donors (Lipinski definition) is 2. The SMILES string of the molecule is COc1ccc(S(=O)(=O)NCCS(C)(=O)=O)c(N)c1. The molecule has 9 heteroatoms. The Balaban J connectivity index is 2.89. The lowest BCUT2D eigenvalue weighted by Gasteiger charge is -2.09. The first-order valence-electron chi connectivity index (χ1n) is 5.26. The summed E-state index contributed by atoms with van der Waals surface area (Å²) in [5.41, 5.74) is 5.66. The highest BCUT2D eigenvalue weighted by Gasteiger charge is 2.18. The van der Waals surface area contributed by atoms with E-state index in [2.05, 4.69) is 4.72 Å². The predicted octanol–water partition coefficient (Wildman–Crippen LogP) is -0.400. The van der Waals surface area contributed by atoms with E-state index in [0.29, 0.717) is 5.75 Å². The van der Waals surface area contributed by atoms with Crippen LogP contribution < -0.4 is 15.2 Å². The highest BCUT2D eigenvalue weighted by Crippen LogP contribution is 2.23. The Bertz CT molecular complexity index is 652. The van der Waals surface area contributed by atoms with Gasteiger partial charge in [0.15, 0.2) is 0 Å². The average Bonchev–Trinajstić information content (AvgIpc) is 2.26. The van der Waals surface area contributed by atoms with Gasteiger partial charge in [0.25, 0.3) is 0 Å². The van der Waals surface area contributed by atoms with Crippen molar-refractivity contribution in [3.8, 4) is 5.75 Å². The quantitative estimate of drug-likeness (QED) is 0.691. The number of hydrogen-bond acceptors (Lipinski definition) is 6. The molecule has 19 heavy (non-hydrogen) atoms. The molecule has 0 atom stereocenters. The zero-order chi connectivity index (χ0) is 14.7. The van der Waals surface area contributed by atoms with E-state index in [-0.39, 0.29) is 22.9 Å². The molecule has 0 aliphatic heterocycles. The Labute approximate surface area is 112 Å². The average molecular weight is 308 g/mol. The van der Waals surface area contributed by atoms with Crippen molar-refractivity contribution in [3.63, 3.8) is 0 Å². The maximum Gasteiger partial charge on any atom is 0.242 e. The van der Waals surface area contributed by atoms with Crippen LogP contribution >= 0.6 is 0 Å². The maximum absolute atomic E-state index is 11.9. The Morgan fingerprint density at radius 1 is 1.26 bits per heavy atom. The van der Waals surface area contributed by atoms with E-state index in [9.17, 15) is 16.8 Å². The summed E-state index contributed by atoms with van der Waals surface area (Å²) in [5, 5.41) is 0. The van der Waals surface area contributed by atoms with Gasteiger partial charge in [-0.25, -0.2) is 21.6 Å². The van der Waals surface area contributed by atoms with Gasteiger partial charge in [0.1, 0.15) is 20.5 Å². The topological polar surface area (TPSA) is 116 Å². The van der Waals surface area contributed by atoms with Gasteiger partial charge in [-0.15, -0.1) is 0 Å². The minimum Gasteiger partial charge on any atom is -0.497 e. The first kappa shape index (κ1) is 15.7. The fourth-order valence-corrected chi connectivity index (χ4v) is 3.08. The molecule has 0 bridgehead atoms. The van der Waals surface area contributed by atoms with Crippen LogP contribution in [0.4, 0.5) is 5.69 Å². The molecule has 0 amide bonds. The van der Waals surface area contributed by atoms with Gasteiger partial charge in [0, 0.05) is 18.9 Å². The molecule has 3 N–H and O–H groups in total. The number of anilines is 1. The van der Waals surface area contributed by atoms with Crippen LogP contribution in [0.5, 0.6) is 5.75 Å². The maximum atomic E-state index is 11.9. The largest absolute Gasteiger partial charge is 0.497 e. The third-order valence-electron chi connectivity index (χ3n) is 2.27. The standard InChI is InChI=1S/C10H16N2O5S2/c1-17-8-3-4-10(9(11)7-8)19(15,16)12-5-6-18(2,13)14/h3-4,7,12H,5-6,11H2,1-2H3. The van der Waals surface area contributed by atoms with Gasteiger partial charge in [-0.3, -0.25) is 0 Å². The van der Waals surface area contributed by atoms with Gasteiger partial charge in [-0.05, 0) is 12.1 Å². The van der Waals surface area contributed by atoms with Crippen molar-refractivity contribution in [1.29, 1.82) is 0 Å². The summed E-state index contributed by atoms with van der Waals surface area (Å²) in [4.78, 5) is -0.109. The lowest BCUT2D eigenvalue weighted by atomic mass is 10.3. The molecule has 0 heterocycles. The van der Waals surface area contributed by atoms with Crippen molar-refractivity contribution in [2.24, 2.45) is 0 Å².